The molecule has 1 aliphatic rings. The summed E-state index contributed by atoms with van der Waals surface area (Å²) in [6.07, 6.45) is 2.06. The molecule has 2 amide bonds. The summed E-state index contributed by atoms with van der Waals surface area (Å²) in [5.41, 5.74) is 2.22. The molecule has 1 saturated carbocycles. The number of benzene rings is 2. The van der Waals surface area contributed by atoms with Gasteiger partial charge >= 0.3 is 0 Å². The summed E-state index contributed by atoms with van der Waals surface area (Å²) in [5, 5.41) is 15.8. The lowest BCUT2D eigenvalue weighted by atomic mass is 10.0. The number of amides is 2. The van der Waals surface area contributed by atoms with Crippen LogP contribution in [-0.2, 0) is 11.3 Å². The highest BCUT2D eigenvalue weighted by Gasteiger charge is 2.25. The van der Waals surface area contributed by atoms with Crippen molar-refractivity contribution >= 4 is 17.5 Å². The third kappa shape index (κ3) is 6.40. The molecule has 1 atom stereocenters. The Labute approximate surface area is 178 Å². The zero-order valence-corrected chi connectivity index (χ0v) is 17.7. The molecule has 1 fully saturated rings. The van der Waals surface area contributed by atoms with Gasteiger partial charge in [-0.25, -0.2) is 0 Å². The number of carbonyl (C=O) groups excluding carboxylic acids is 2. The first-order chi connectivity index (χ1) is 14.5. The number of aliphatic hydroxyl groups excluding tert-OH is 1. The number of carbonyl (C=O) groups is 2. The van der Waals surface area contributed by atoms with Crippen molar-refractivity contribution in [3.05, 3.63) is 65.7 Å². The quantitative estimate of drug-likeness (QED) is 0.563. The molecule has 0 saturated heterocycles. The summed E-state index contributed by atoms with van der Waals surface area (Å²) in [6.45, 7) is 4.78. The minimum atomic E-state index is -0.176. The van der Waals surface area contributed by atoms with Crippen molar-refractivity contribution in [2.75, 3.05) is 18.5 Å². The first-order valence-electron chi connectivity index (χ1n) is 10.6. The Balaban J connectivity index is 1.66. The summed E-state index contributed by atoms with van der Waals surface area (Å²) in [7, 11) is 0. The van der Waals surface area contributed by atoms with Crippen LogP contribution in [0.2, 0.25) is 0 Å². The third-order valence-electron chi connectivity index (χ3n) is 5.32. The van der Waals surface area contributed by atoms with Gasteiger partial charge in [0.1, 0.15) is 0 Å². The average molecular weight is 410 g/mol. The predicted molar refractivity (Wildman–Crippen MR) is 118 cm³/mol. The highest BCUT2D eigenvalue weighted by Crippen LogP contribution is 2.20. The fourth-order valence-electron chi connectivity index (χ4n) is 3.48. The molecule has 3 N–H and O–H groups in total. The van der Waals surface area contributed by atoms with Crippen LogP contribution >= 0.6 is 0 Å². The van der Waals surface area contributed by atoms with Crippen molar-refractivity contribution in [3.63, 3.8) is 0 Å². The normalized spacial score (nSPS) is 14.6. The van der Waals surface area contributed by atoms with E-state index in [0.717, 1.165) is 18.4 Å². The lowest BCUT2D eigenvalue weighted by Crippen LogP contribution is -2.45. The summed E-state index contributed by atoms with van der Waals surface area (Å²) in [5.74, 6) is -0.0924. The molecular formula is C24H31N3O3. The van der Waals surface area contributed by atoms with Gasteiger partial charge < -0.3 is 15.7 Å². The van der Waals surface area contributed by atoms with E-state index >= 15 is 0 Å². The smallest absolute Gasteiger partial charge is 0.251 e. The number of nitrogens with zero attached hydrogens (tertiary/aromatic N) is 1. The lowest BCUT2D eigenvalue weighted by molar-refractivity contribution is -0.118. The van der Waals surface area contributed by atoms with E-state index in [4.69, 9.17) is 0 Å². The fourth-order valence-corrected chi connectivity index (χ4v) is 3.48. The second-order valence-corrected chi connectivity index (χ2v) is 8.26. The van der Waals surface area contributed by atoms with Gasteiger partial charge in [0.15, 0.2) is 0 Å². The highest BCUT2D eigenvalue weighted by atomic mass is 16.3. The van der Waals surface area contributed by atoms with Crippen molar-refractivity contribution in [1.82, 2.24) is 10.2 Å². The van der Waals surface area contributed by atoms with Gasteiger partial charge in [-0.2, -0.15) is 0 Å². The maximum absolute atomic E-state index is 12.8. The molecule has 30 heavy (non-hydrogen) atoms. The van der Waals surface area contributed by atoms with Gasteiger partial charge in [-0.3, -0.25) is 14.5 Å². The Morgan fingerprint density at radius 3 is 2.47 bits per heavy atom. The summed E-state index contributed by atoms with van der Waals surface area (Å²) < 4.78 is 0. The summed E-state index contributed by atoms with van der Waals surface area (Å²) in [6, 6.07) is 17.1. The second-order valence-electron chi connectivity index (χ2n) is 8.26. The monoisotopic (exact) mass is 409 g/mol. The van der Waals surface area contributed by atoms with E-state index in [2.05, 4.69) is 10.6 Å². The van der Waals surface area contributed by atoms with E-state index in [1.54, 1.807) is 24.3 Å². The molecule has 6 heteroatoms. The molecule has 2 aromatic rings. The molecular weight excluding hydrogens is 378 g/mol. The first-order valence-corrected chi connectivity index (χ1v) is 10.6. The zero-order chi connectivity index (χ0) is 21.5. The molecule has 3 rings (SSSR count). The van der Waals surface area contributed by atoms with E-state index in [-0.39, 0.29) is 43.0 Å². The van der Waals surface area contributed by atoms with Gasteiger partial charge in [-0.1, -0.05) is 50.2 Å². The average Bonchev–Trinajstić information content (AvgIpc) is 3.53. The van der Waals surface area contributed by atoms with Gasteiger partial charge in [0.25, 0.3) is 5.91 Å². The molecule has 1 aliphatic carbocycles. The minimum Gasteiger partial charge on any atom is -0.395 e. The first kappa shape index (κ1) is 22.0. The van der Waals surface area contributed by atoms with Gasteiger partial charge in [-0.05, 0) is 42.5 Å². The summed E-state index contributed by atoms with van der Waals surface area (Å²) >= 11 is 0. The van der Waals surface area contributed by atoms with E-state index in [0.29, 0.717) is 17.8 Å². The number of hydrogen-bond donors (Lipinski definition) is 3. The van der Waals surface area contributed by atoms with Crippen molar-refractivity contribution in [1.29, 1.82) is 0 Å². The Kier molecular flexibility index (Phi) is 7.60. The van der Waals surface area contributed by atoms with Crippen LogP contribution in [0.25, 0.3) is 0 Å². The summed E-state index contributed by atoms with van der Waals surface area (Å²) in [4.78, 5) is 27.0. The van der Waals surface area contributed by atoms with Crippen molar-refractivity contribution < 1.29 is 14.7 Å². The second kappa shape index (κ2) is 10.4. The van der Waals surface area contributed by atoms with Crippen LogP contribution in [0.3, 0.4) is 0 Å². The minimum absolute atomic E-state index is 0.0192. The van der Waals surface area contributed by atoms with Crippen molar-refractivity contribution in [2.45, 2.75) is 45.3 Å². The molecule has 6 nitrogen and oxygen atoms in total. The van der Waals surface area contributed by atoms with Gasteiger partial charge in [0.2, 0.25) is 5.91 Å². The number of anilines is 1. The SMILES string of the molecule is CC(C)C(CO)N(CC(=O)Nc1cccc(C(=O)NC2CC2)c1)Cc1ccccc1. The van der Waals surface area contributed by atoms with Crippen LogP contribution in [0.15, 0.2) is 54.6 Å². The lowest BCUT2D eigenvalue weighted by Gasteiger charge is -2.32. The van der Waals surface area contributed by atoms with Crippen LogP contribution in [-0.4, -0.2) is 47.1 Å². The maximum atomic E-state index is 12.8. The molecule has 1 unspecified atom stereocenters. The van der Waals surface area contributed by atoms with E-state index in [1.165, 1.54) is 0 Å². The Bertz CT molecular complexity index is 850. The Morgan fingerprint density at radius 2 is 1.83 bits per heavy atom. The molecule has 0 heterocycles. The van der Waals surface area contributed by atoms with E-state index < -0.39 is 0 Å². The zero-order valence-electron chi connectivity index (χ0n) is 17.7. The van der Waals surface area contributed by atoms with Crippen molar-refractivity contribution in [2.24, 2.45) is 5.92 Å². The van der Waals surface area contributed by atoms with Crippen LogP contribution in [0.1, 0.15) is 42.6 Å². The number of rotatable bonds is 10. The molecule has 0 spiro atoms. The Hall–Kier alpha value is -2.70. The van der Waals surface area contributed by atoms with Crippen LogP contribution in [0.5, 0.6) is 0 Å². The maximum Gasteiger partial charge on any atom is 0.251 e. The van der Waals surface area contributed by atoms with Gasteiger partial charge in [0.05, 0.1) is 13.2 Å². The topological polar surface area (TPSA) is 81.7 Å². The van der Waals surface area contributed by atoms with E-state index in [9.17, 15) is 14.7 Å². The largest absolute Gasteiger partial charge is 0.395 e. The fraction of sp³-hybridized carbons (Fsp3) is 0.417. The van der Waals surface area contributed by atoms with Crippen molar-refractivity contribution in [3.8, 4) is 0 Å². The number of aliphatic hydroxyl groups is 1. The molecule has 0 aliphatic heterocycles. The Morgan fingerprint density at radius 1 is 1.10 bits per heavy atom. The highest BCUT2D eigenvalue weighted by molar-refractivity contribution is 5.97. The van der Waals surface area contributed by atoms with Crippen LogP contribution in [0, 0.1) is 5.92 Å². The van der Waals surface area contributed by atoms with Gasteiger partial charge in [-0.15, -0.1) is 0 Å². The van der Waals surface area contributed by atoms with Crippen LogP contribution in [0.4, 0.5) is 5.69 Å². The standard InChI is InChI=1S/C24H31N3O3/c1-17(2)22(16-28)27(14-18-7-4-3-5-8-18)15-23(29)25-21-10-6-9-19(13-21)24(30)26-20-11-12-20/h3-10,13,17,20,22,28H,11-12,14-16H2,1-2H3,(H,25,29)(H,26,30). The molecule has 0 aromatic heterocycles. The van der Waals surface area contributed by atoms with Crippen LogP contribution < -0.4 is 10.6 Å². The number of nitrogens with one attached hydrogen (secondary N) is 2. The molecule has 160 valence electrons. The van der Waals surface area contributed by atoms with E-state index in [1.807, 2.05) is 49.1 Å². The molecule has 0 radical (unpaired) electrons. The molecule has 2 aromatic carbocycles. The van der Waals surface area contributed by atoms with Gasteiger partial charge in [0, 0.05) is 29.9 Å². The molecule has 0 bridgehead atoms. The third-order valence-corrected chi connectivity index (χ3v) is 5.32. The predicted octanol–water partition coefficient (Wildman–Crippen LogP) is 3.04. The number of hydrogen-bond acceptors (Lipinski definition) is 4.